The number of hydrogen-bond donors (Lipinski definition) is 1. The zero-order valence-electron chi connectivity index (χ0n) is 20.3. The maximum absolute atomic E-state index is 13.5. The van der Waals surface area contributed by atoms with Crippen molar-refractivity contribution in [2.24, 2.45) is 7.05 Å². The van der Waals surface area contributed by atoms with Crippen molar-refractivity contribution < 1.29 is 9.53 Å². The Bertz CT molecular complexity index is 1240. The maximum Gasteiger partial charge on any atom is 0.327 e. The van der Waals surface area contributed by atoms with Gasteiger partial charge in [0.25, 0.3) is 0 Å². The van der Waals surface area contributed by atoms with Crippen LogP contribution < -0.4 is 10.2 Å². The van der Waals surface area contributed by atoms with Crippen molar-refractivity contribution in [3.05, 3.63) is 65.9 Å². The smallest absolute Gasteiger partial charge is 0.327 e. The minimum atomic E-state index is -0.165. The second-order valence-electron chi connectivity index (χ2n) is 10.4. The second kappa shape index (κ2) is 8.42. The summed E-state index contributed by atoms with van der Waals surface area (Å²) in [6.07, 6.45) is 6.30. The average Bonchev–Trinajstić information content (AvgIpc) is 3.39. The minimum absolute atomic E-state index is 0.0152. The van der Waals surface area contributed by atoms with Crippen molar-refractivity contribution >= 4 is 17.5 Å². The Morgan fingerprint density at radius 1 is 1.14 bits per heavy atom. The number of carbonyl (C=O) groups is 1. The molecule has 9 nitrogen and oxygen atoms in total. The summed E-state index contributed by atoms with van der Waals surface area (Å²) < 4.78 is 7.58. The van der Waals surface area contributed by atoms with Gasteiger partial charge >= 0.3 is 6.03 Å². The highest BCUT2D eigenvalue weighted by molar-refractivity contribution is 6.03. The number of aryl methyl sites for hydroxylation is 1. The van der Waals surface area contributed by atoms with Gasteiger partial charge < -0.3 is 19.5 Å². The van der Waals surface area contributed by atoms with Crippen LogP contribution in [-0.4, -0.2) is 70.6 Å². The number of rotatable bonds is 4. The van der Waals surface area contributed by atoms with E-state index in [1.165, 1.54) is 5.56 Å². The van der Waals surface area contributed by atoms with E-state index in [1.54, 1.807) is 12.5 Å². The number of nitrogens with zero attached hydrogens (tertiary/aromatic N) is 6. The molecule has 1 spiro atoms. The van der Waals surface area contributed by atoms with Crippen LogP contribution in [-0.2, 0) is 29.0 Å². The highest BCUT2D eigenvalue weighted by Gasteiger charge is 2.47. The van der Waals surface area contributed by atoms with E-state index in [0.717, 1.165) is 55.2 Å². The number of piperidine rings is 1. The molecule has 9 heteroatoms. The summed E-state index contributed by atoms with van der Waals surface area (Å²) >= 11 is 0. The van der Waals surface area contributed by atoms with E-state index in [9.17, 15) is 4.79 Å². The maximum atomic E-state index is 13.5. The predicted molar refractivity (Wildman–Crippen MR) is 133 cm³/mol. The first kappa shape index (κ1) is 22.2. The number of fused-ring (bicyclic) bond motifs is 2. The van der Waals surface area contributed by atoms with Gasteiger partial charge in [0.1, 0.15) is 18.0 Å². The number of carbonyl (C=O) groups excluding carboxylic acids is 1. The van der Waals surface area contributed by atoms with Crippen LogP contribution in [0.2, 0.25) is 0 Å². The SMILES string of the molecule is CN1CCC2(CC1)CN(C(=O)Nc1cccc(C3(Cc4nncn4C)COC3)c1)c1ncccc12. The fourth-order valence-corrected chi connectivity index (χ4v) is 5.74. The van der Waals surface area contributed by atoms with Gasteiger partial charge in [0, 0.05) is 48.3 Å². The van der Waals surface area contributed by atoms with Gasteiger partial charge in [0.15, 0.2) is 0 Å². The molecule has 3 aromatic rings. The highest BCUT2D eigenvalue weighted by atomic mass is 16.5. The number of anilines is 2. The summed E-state index contributed by atoms with van der Waals surface area (Å²) in [4.78, 5) is 22.3. The van der Waals surface area contributed by atoms with Crippen molar-refractivity contribution in [2.45, 2.75) is 30.1 Å². The summed E-state index contributed by atoms with van der Waals surface area (Å²) in [5, 5.41) is 11.4. The standard InChI is InChI=1S/C26H31N7O2/c1-31-11-8-25(9-12-31)15-33(23-21(25)7-4-10-27-23)24(34)29-20-6-3-5-19(13-20)26(16-35-17-26)14-22-30-28-18-32(22)2/h3-7,10,13,18H,8-9,11-12,14-17H2,1-2H3,(H,29,34). The molecule has 3 aliphatic rings. The Kier molecular flexibility index (Phi) is 5.34. The lowest BCUT2D eigenvalue weighted by molar-refractivity contribution is -0.0610. The molecule has 182 valence electrons. The van der Waals surface area contributed by atoms with Gasteiger partial charge in [-0.05, 0) is 56.7 Å². The van der Waals surface area contributed by atoms with Crippen molar-refractivity contribution in [1.82, 2.24) is 24.6 Å². The van der Waals surface area contributed by atoms with Crippen LogP contribution in [0.4, 0.5) is 16.3 Å². The molecule has 5 heterocycles. The van der Waals surface area contributed by atoms with E-state index in [4.69, 9.17) is 4.74 Å². The van der Waals surface area contributed by atoms with E-state index in [2.05, 4.69) is 50.6 Å². The molecule has 2 saturated heterocycles. The Hall–Kier alpha value is -3.30. The average molecular weight is 474 g/mol. The summed E-state index contributed by atoms with van der Waals surface area (Å²) in [6, 6.07) is 12.1. The zero-order chi connectivity index (χ0) is 24.0. The fourth-order valence-electron chi connectivity index (χ4n) is 5.74. The number of nitrogens with one attached hydrogen (secondary N) is 1. The first-order valence-corrected chi connectivity index (χ1v) is 12.2. The van der Waals surface area contributed by atoms with Gasteiger partial charge in [-0.1, -0.05) is 18.2 Å². The molecular formula is C26H31N7O2. The number of amides is 2. The van der Waals surface area contributed by atoms with Gasteiger partial charge in [-0.15, -0.1) is 10.2 Å². The molecule has 6 rings (SSSR count). The number of urea groups is 1. The Balaban J connectivity index is 1.23. The third-order valence-corrected chi connectivity index (χ3v) is 8.05. The lowest BCUT2D eigenvalue weighted by atomic mass is 9.75. The number of likely N-dealkylation sites (tertiary alicyclic amines) is 1. The molecule has 2 aromatic heterocycles. The molecule has 0 saturated carbocycles. The first-order chi connectivity index (χ1) is 17.0. The number of pyridine rings is 1. The lowest BCUT2D eigenvalue weighted by Gasteiger charge is -2.42. The predicted octanol–water partition coefficient (Wildman–Crippen LogP) is 2.74. The van der Waals surface area contributed by atoms with Gasteiger partial charge in [-0.3, -0.25) is 4.90 Å². The summed E-state index contributed by atoms with van der Waals surface area (Å²) in [5.74, 6) is 1.71. The van der Waals surface area contributed by atoms with E-state index in [0.29, 0.717) is 19.8 Å². The minimum Gasteiger partial charge on any atom is -0.379 e. The summed E-state index contributed by atoms with van der Waals surface area (Å²) in [5.41, 5.74) is 2.93. The molecule has 2 fully saturated rings. The molecule has 1 N–H and O–H groups in total. The second-order valence-corrected chi connectivity index (χ2v) is 10.4. The van der Waals surface area contributed by atoms with Crippen LogP contribution in [0.1, 0.15) is 29.8 Å². The van der Waals surface area contributed by atoms with E-state index in [1.807, 2.05) is 34.7 Å². The number of hydrogen-bond acceptors (Lipinski definition) is 6. The molecular weight excluding hydrogens is 442 g/mol. The van der Waals surface area contributed by atoms with Crippen LogP contribution in [0.15, 0.2) is 48.9 Å². The monoisotopic (exact) mass is 473 g/mol. The van der Waals surface area contributed by atoms with Crippen LogP contribution >= 0.6 is 0 Å². The zero-order valence-corrected chi connectivity index (χ0v) is 20.3. The lowest BCUT2D eigenvalue weighted by Crippen LogP contribution is -2.49. The van der Waals surface area contributed by atoms with E-state index < -0.39 is 0 Å². The van der Waals surface area contributed by atoms with E-state index in [-0.39, 0.29) is 16.9 Å². The summed E-state index contributed by atoms with van der Waals surface area (Å²) in [7, 11) is 4.12. The Morgan fingerprint density at radius 2 is 1.97 bits per heavy atom. The number of benzene rings is 1. The molecule has 2 amide bonds. The van der Waals surface area contributed by atoms with Crippen LogP contribution in [0.5, 0.6) is 0 Å². The van der Waals surface area contributed by atoms with E-state index >= 15 is 0 Å². The van der Waals surface area contributed by atoms with Crippen LogP contribution in [0.3, 0.4) is 0 Å². The fraction of sp³-hybridized carbons (Fsp3) is 0.462. The quantitative estimate of drug-likeness (QED) is 0.627. The van der Waals surface area contributed by atoms with Crippen molar-refractivity contribution in [3.8, 4) is 0 Å². The van der Waals surface area contributed by atoms with Crippen LogP contribution in [0, 0.1) is 0 Å². The van der Waals surface area contributed by atoms with Gasteiger partial charge in [-0.2, -0.15) is 0 Å². The molecule has 0 aliphatic carbocycles. The number of aromatic nitrogens is 4. The van der Waals surface area contributed by atoms with Crippen molar-refractivity contribution in [3.63, 3.8) is 0 Å². The Labute approximate surface area is 205 Å². The molecule has 0 unspecified atom stereocenters. The molecule has 35 heavy (non-hydrogen) atoms. The molecule has 1 aromatic carbocycles. The third-order valence-electron chi connectivity index (χ3n) is 8.05. The van der Waals surface area contributed by atoms with Gasteiger partial charge in [-0.25, -0.2) is 9.78 Å². The molecule has 3 aliphatic heterocycles. The summed E-state index contributed by atoms with van der Waals surface area (Å²) in [6.45, 7) is 3.97. The van der Waals surface area contributed by atoms with Gasteiger partial charge in [0.05, 0.1) is 13.2 Å². The van der Waals surface area contributed by atoms with Gasteiger partial charge in [0.2, 0.25) is 0 Å². The first-order valence-electron chi connectivity index (χ1n) is 12.2. The Morgan fingerprint density at radius 3 is 2.69 bits per heavy atom. The number of ether oxygens (including phenoxy) is 1. The third kappa shape index (κ3) is 3.79. The van der Waals surface area contributed by atoms with Crippen LogP contribution in [0.25, 0.3) is 0 Å². The normalized spacial score (nSPS) is 20.5. The largest absolute Gasteiger partial charge is 0.379 e. The molecule has 0 atom stereocenters. The highest BCUT2D eigenvalue weighted by Crippen LogP contribution is 2.46. The van der Waals surface area contributed by atoms with Crippen molar-refractivity contribution in [1.29, 1.82) is 0 Å². The molecule has 0 bridgehead atoms. The van der Waals surface area contributed by atoms with Crippen molar-refractivity contribution in [2.75, 3.05) is 50.1 Å². The molecule has 0 radical (unpaired) electrons. The topological polar surface area (TPSA) is 88.4 Å².